The molecule has 4 atom stereocenters. The predicted octanol–water partition coefficient (Wildman–Crippen LogP) is 2.91. The van der Waals surface area contributed by atoms with Crippen LogP contribution in [0.3, 0.4) is 0 Å². The van der Waals surface area contributed by atoms with Crippen LogP contribution in [0.5, 0.6) is 0 Å². The van der Waals surface area contributed by atoms with E-state index in [1.165, 1.54) is 6.42 Å². The molecule has 33 heavy (non-hydrogen) atoms. The van der Waals surface area contributed by atoms with Gasteiger partial charge in [-0.25, -0.2) is 0 Å². The molecular formula is C25H52N4O4. The maximum atomic E-state index is 12.9. The van der Waals surface area contributed by atoms with Gasteiger partial charge in [0.2, 0.25) is 17.7 Å². The molecular weight excluding hydrogens is 420 g/mol. The van der Waals surface area contributed by atoms with Crippen molar-refractivity contribution in [2.75, 3.05) is 34.8 Å². The molecule has 0 radical (unpaired) electrons. The number of nitrogens with one attached hydrogen (secondary N) is 2. The van der Waals surface area contributed by atoms with Gasteiger partial charge in [0.25, 0.3) is 0 Å². The fourth-order valence-electron chi connectivity index (χ4n) is 3.84. The maximum Gasteiger partial charge on any atom is 0.242 e. The first-order chi connectivity index (χ1) is 15.3. The van der Waals surface area contributed by atoms with Gasteiger partial charge in [0.15, 0.2) is 0 Å². The molecule has 0 saturated heterocycles. The zero-order valence-electron chi connectivity index (χ0n) is 23.3. The second kappa shape index (κ2) is 17.8. The zero-order chi connectivity index (χ0) is 26.3. The number of methoxy groups -OCH3 is 1. The Morgan fingerprint density at radius 3 is 1.82 bits per heavy atom. The highest BCUT2D eigenvalue weighted by Crippen LogP contribution is 2.21. The summed E-state index contributed by atoms with van der Waals surface area (Å²) in [5, 5.41) is 5.65. The number of amides is 3. The normalized spacial score (nSPS) is 14.8. The average Bonchev–Trinajstić information content (AvgIpc) is 2.70. The molecule has 8 nitrogen and oxygen atoms in total. The fraction of sp³-hybridized carbons (Fsp3) is 0.880. The molecule has 0 aliphatic heterocycles. The van der Waals surface area contributed by atoms with Crippen LogP contribution in [0, 0.1) is 11.8 Å². The minimum absolute atomic E-state index is 0.0391. The van der Waals surface area contributed by atoms with Gasteiger partial charge in [0.05, 0.1) is 31.2 Å². The molecule has 0 fully saturated rings. The van der Waals surface area contributed by atoms with Crippen molar-refractivity contribution in [1.82, 2.24) is 20.4 Å². The number of ether oxygens (including phenoxy) is 1. The van der Waals surface area contributed by atoms with Crippen LogP contribution in [0.1, 0.15) is 74.7 Å². The van der Waals surface area contributed by atoms with E-state index in [-0.39, 0.29) is 60.6 Å². The quantitative estimate of drug-likeness (QED) is 0.430. The SMILES string of the molecule is CCC.CCC(C)[C@@H](C(CC(=O)NC(C)C)OC)N(C)C(=O)CNC(=O)C(C(C)C)N(C)C. The van der Waals surface area contributed by atoms with E-state index in [0.717, 1.165) is 6.42 Å². The number of hydrogen-bond donors (Lipinski definition) is 2. The van der Waals surface area contributed by atoms with Crippen LogP contribution in [0.25, 0.3) is 0 Å². The molecule has 0 aromatic heterocycles. The molecule has 8 heteroatoms. The van der Waals surface area contributed by atoms with Crippen molar-refractivity contribution in [2.24, 2.45) is 11.8 Å². The number of nitrogens with zero attached hydrogens (tertiary/aromatic N) is 2. The first kappa shape index (κ1) is 33.5. The highest BCUT2D eigenvalue weighted by molar-refractivity contribution is 5.87. The Hall–Kier alpha value is -1.67. The molecule has 0 rings (SSSR count). The summed E-state index contributed by atoms with van der Waals surface area (Å²) in [4.78, 5) is 41.2. The van der Waals surface area contributed by atoms with Crippen LogP contribution in [0.4, 0.5) is 0 Å². The van der Waals surface area contributed by atoms with Gasteiger partial charge in [0.1, 0.15) is 0 Å². The van der Waals surface area contributed by atoms with Crippen molar-refractivity contribution in [1.29, 1.82) is 0 Å². The Bertz CT molecular complexity index is 559. The van der Waals surface area contributed by atoms with E-state index in [2.05, 4.69) is 24.5 Å². The molecule has 0 spiro atoms. The number of rotatable bonds is 13. The van der Waals surface area contributed by atoms with Crippen molar-refractivity contribution >= 4 is 17.7 Å². The lowest BCUT2D eigenvalue weighted by molar-refractivity contribution is -0.140. The molecule has 0 heterocycles. The number of carbonyl (C=O) groups is 3. The minimum atomic E-state index is -0.437. The Morgan fingerprint density at radius 2 is 1.45 bits per heavy atom. The van der Waals surface area contributed by atoms with Gasteiger partial charge < -0.3 is 20.3 Å². The van der Waals surface area contributed by atoms with Crippen LogP contribution < -0.4 is 10.6 Å². The van der Waals surface area contributed by atoms with E-state index in [1.807, 2.05) is 60.5 Å². The minimum Gasteiger partial charge on any atom is -0.379 e. The highest BCUT2D eigenvalue weighted by Gasteiger charge is 2.34. The highest BCUT2D eigenvalue weighted by atomic mass is 16.5. The average molecular weight is 473 g/mol. The molecule has 2 N–H and O–H groups in total. The van der Waals surface area contributed by atoms with Crippen LogP contribution in [0.15, 0.2) is 0 Å². The molecule has 0 bridgehead atoms. The van der Waals surface area contributed by atoms with E-state index in [0.29, 0.717) is 0 Å². The van der Waals surface area contributed by atoms with Gasteiger partial charge in [-0.05, 0) is 39.8 Å². The van der Waals surface area contributed by atoms with Crippen LogP contribution in [0.2, 0.25) is 0 Å². The zero-order valence-corrected chi connectivity index (χ0v) is 23.3. The Balaban J connectivity index is 0. The summed E-state index contributed by atoms with van der Waals surface area (Å²) in [6.07, 6.45) is 1.81. The van der Waals surface area contributed by atoms with Gasteiger partial charge >= 0.3 is 0 Å². The fourth-order valence-corrected chi connectivity index (χ4v) is 3.84. The summed E-state index contributed by atoms with van der Waals surface area (Å²) in [5.41, 5.74) is 0. The van der Waals surface area contributed by atoms with E-state index in [9.17, 15) is 14.4 Å². The third-order valence-corrected chi connectivity index (χ3v) is 5.46. The van der Waals surface area contributed by atoms with Gasteiger partial charge in [-0.2, -0.15) is 0 Å². The Kier molecular flexibility index (Phi) is 18.0. The predicted molar refractivity (Wildman–Crippen MR) is 136 cm³/mol. The molecule has 0 aliphatic rings. The number of likely N-dealkylation sites (N-methyl/N-ethyl adjacent to an activating group) is 2. The molecule has 0 aromatic carbocycles. The lowest BCUT2D eigenvalue weighted by Crippen LogP contribution is -2.54. The third kappa shape index (κ3) is 13.0. The van der Waals surface area contributed by atoms with Gasteiger partial charge in [0, 0.05) is 20.2 Å². The van der Waals surface area contributed by atoms with E-state index in [1.54, 1.807) is 19.1 Å². The summed E-state index contributed by atoms with van der Waals surface area (Å²) < 4.78 is 5.64. The number of hydrogen-bond acceptors (Lipinski definition) is 5. The summed E-state index contributed by atoms with van der Waals surface area (Å²) in [7, 11) is 6.97. The summed E-state index contributed by atoms with van der Waals surface area (Å²) in [5.74, 6) is -0.239. The van der Waals surface area contributed by atoms with Crippen LogP contribution in [-0.2, 0) is 19.1 Å². The lowest BCUT2D eigenvalue weighted by atomic mass is 9.91. The first-order valence-electron chi connectivity index (χ1n) is 12.3. The molecule has 0 saturated carbocycles. The molecule has 196 valence electrons. The van der Waals surface area contributed by atoms with Crippen molar-refractivity contribution < 1.29 is 19.1 Å². The molecule has 0 aromatic rings. The summed E-state index contributed by atoms with van der Waals surface area (Å²) >= 11 is 0. The molecule has 3 amide bonds. The van der Waals surface area contributed by atoms with Gasteiger partial charge in [-0.15, -0.1) is 0 Å². The van der Waals surface area contributed by atoms with E-state index < -0.39 is 6.10 Å². The second-order valence-electron chi connectivity index (χ2n) is 9.66. The smallest absolute Gasteiger partial charge is 0.242 e. The topological polar surface area (TPSA) is 91.0 Å². The number of carbonyl (C=O) groups excluding carboxylic acids is 3. The van der Waals surface area contributed by atoms with Gasteiger partial charge in [-0.1, -0.05) is 54.4 Å². The van der Waals surface area contributed by atoms with Crippen LogP contribution >= 0.6 is 0 Å². The van der Waals surface area contributed by atoms with E-state index >= 15 is 0 Å². The van der Waals surface area contributed by atoms with Gasteiger partial charge in [-0.3, -0.25) is 19.3 Å². The van der Waals surface area contributed by atoms with E-state index in [4.69, 9.17) is 4.74 Å². The molecule has 0 aliphatic carbocycles. The third-order valence-electron chi connectivity index (χ3n) is 5.46. The standard InChI is InChI=1S/C22H44N4O4.C3H8/c1-11-16(6)21(17(30-10)12-18(27)24-15(4)5)26(9)19(28)13-23-22(29)20(14(2)3)25(7)8;1-3-2/h14-17,20-21H,11-13H2,1-10H3,(H,23,29)(H,24,27);3H2,1-2H3/t16?,17?,20?,21-;/m0./s1. The maximum absolute atomic E-state index is 12.9. The monoisotopic (exact) mass is 472 g/mol. The largest absolute Gasteiger partial charge is 0.379 e. The summed E-state index contributed by atoms with van der Waals surface area (Å²) in [6, 6.07) is -0.547. The van der Waals surface area contributed by atoms with Crippen molar-refractivity contribution in [2.45, 2.75) is 98.9 Å². The van der Waals surface area contributed by atoms with Crippen molar-refractivity contribution in [3.63, 3.8) is 0 Å². The second-order valence-corrected chi connectivity index (χ2v) is 9.66. The lowest BCUT2D eigenvalue weighted by Gasteiger charge is -2.38. The summed E-state index contributed by atoms with van der Waals surface area (Å²) in [6.45, 7) is 16.0. The molecule has 3 unspecified atom stereocenters. The first-order valence-corrected chi connectivity index (χ1v) is 12.3. The Morgan fingerprint density at radius 1 is 0.939 bits per heavy atom. The van der Waals surface area contributed by atoms with Crippen molar-refractivity contribution in [3.8, 4) is 0 Å². The Labute approximate surface area is 203 Å². The van der Waals surface area contributed by atoms with Crippen molar-refractivity contribution in [3.05, 3.63) is 0 Å². The van der Waals surface area contributed by atoms with Crippen LogP contribution in [-0.4, -0.2) is 86.5 Å².